The summed E-state index contributed by atoms with van der Waals surface area (Å²) in [7, 11) is 4.13. The number of hydrogen-bond acceptors (Lipinski definition) is 3. The van der Waals surface area contributed by atoms with Crippen molar-refractivity contribution < 1.29 is 9.50 Å². The van der Waals surface area contributed by atoms with Crippen LogP contribution in [-0.4, -0.2) is 54.7 Å². The van der Waals surface area contributed by atoms with E-state index in [-0.39, 0.29) is 11.9 Å². The van der Waals surface area contributed by atoms with Crippen LogP contribution in [0.2, 0.25) is 0 Å². The Kier molecular flexibility index (Phi) is 4.55. The Bertz CT molecular complexity index is 438. The predicted octanol–water partition coefficient (Wildman–Crippen LogP) is 1.80. The van der Waals surface area contributed by atoms with Crippen LogP contribution in [0.1, 0.15) is 23.7 Å². The summed E-state index contributed by atoms with van der Waals surface area (Å²) in [4.78, 5) is 4.45. The number of aliphatic hydroxyl groups is 1. The first-order chi connectivity index (χ1) is 8.99. The molecule has 2 atom stereocenters. The molecule has 106 valence electrons. The lowest BCUT2D eigenvalue weighted by Crippen LogP contribution is -2.42. The number of halogens is 1. The van der Waals surface area contributed by atoms with Crippen LogP contribution in [0.4, 0.5) is 4.39 Å². The second kappa shape index (κ2) is 5.99. The molecule has 0 bridgehead atoms. The van der Waals surface area contributed by atoms with Crippen LogP contribution >= 0.6 is 0 Å². The Hall–Kier alpha value is -0.970. The van der Waals surface area contributed by atoms with E-state index in [0.717, 1.165) is 37.2 Å². The number of benzene rings is 1. The molecule has 0 spiro atoms. The summed E-state index contributed by atoms with van der Waals surface area (Å²) >= 11 is 0. The lowest BCUT2D eigenvalue weighted by atomic mass is 9.96. The molecule has 1 aromatic rings. The molecule has 1 aliphatic rings. The maximum absolute atomic E-state index is 13.2. The zero-order valence-corrected chi connectivity index (χ0v) is 11.9. The van der Waals surface area contributed by atoms with Crippen molar-refractivity contribution >= 4 is 0 Å². The summed E-state index contributed by atoms with van der Waals surface area (Å²) < 4.78 is 13.2. The van der Waals surface area contributed by atoms with Crippen LogP contribution in [0.5, 0.6) is 0 Å². The van der Waals surface area contributed by atoms with E-state index in [2.05, 4.69) is 16.8 Å². The highest BCUT2D eigenvalue weighted by Crippen LogP contribution is 2.26. The first kappa shape index (κ1) is 14.4. The molecule has 1 N–H and O–H groups in total. The van der Waals surface area contributed by atoms with Crippen LogP contribution in [0.25, 0.3) is 0 Å². The summed E-state index contributed by atoms with van der Waals surface area (Å²) in [6, 6.07) is 4.66. The molecule has 1 saturated heterocycles. The normalized spacial score (nSPS) is 24.2. The van der Waals surface area contributed by atoms with Gasteiger partial charge in [-0.1, -0.05) is 6.07 Å². The minimum Gasteiger partial charge on any atom is -0.387 e. The quantitative estimate of drug-likeness (QED) is 0.884. The standard InChI is InChI=1S/C15H23FN2O/c1-11-9-12(16)5-6-13(11)15(19)14-10-17(2)7-4-8-18(14)3/h5-6,9,14-15,19H,4,7-8,10H2,1-3H3. The molecular formula is C15H23FN2O. The number of rotatable bonds is 2. The van der Waals surface area contributed by atoms with Gasteiger partial charge in [-0.3, -0.25) is 4.90 Å². The molecule has 1 aliphatic heterocycles. The van der Waals surface area contributed by atoms with Crippen molar-refractivity contribution in [2.75, 3.05) is 33.7 Å². The fourth-order valence-electron chi connectivity index (χ4n) is 2.82. The summed E-state index contributed by atoms with van der Waals surface area (Å²) in [5.74, 6) is -0.250. The van der Waals surface area contributed by atoms with E-state index in [1.54, 1.807) is 6.07 Å². The molecular weight excluding hydrogens is 243 g/mol. The predicted molar refractivity (Wildman–Crippen MR) is 74.6 cm³/mol. The van der Waals surface area contributed by atoms with Crippen LogP contribution in [0, 0.1) is 12.7 Å². The van der Waals surface area contributed by atoms with Gasteiger partial charge in [-0.05, 0) is 63.8 Å². The SMILES string of the molecule is Cc1cc(F)ccc1C(O)C1CN(C)CCCN1C. The molecule has 1 fully saturated rings. The highest BCUT2D eigenvalue weighted by atomic mass is 19.1. The molecule has 0 saturated carbocycles. The Morgan fingerprint density at radius 1 is 1.32 bits per heavy atom. The maximum Gasteiger partial charge on any atom is 0.123 e. The number of hydrogen-bond donors (Lipinski definition) is 1. The van der Waals surface area contributed by atoms with Crippen molar-refractivity contribution in [3.8, 4) is 0 Å². The van der Waals surface area contributed by atoms with Gasteiger partial charge in [0.25, 0.3) is 0 Å². The fourth-order valence-corrected chi connectivity index (χ4v) is 2.82. The average Bonchev–Trinajstić information content (AvgIpc) is 2.50. The molecule has 0 aromatic heterocycles. The van der Waals surface area contributed by atoms with Crippen LogP contribution < -0.4 is 0 Å². The van der Waals surface area contributed by atoms with E-state index in [0.29, 0.717) is 0 Å². The molecule has 2 rings (SSSR count). The molecule has 1 heterocycles. The van der Waals surface area contributed by atoms with Crippen molar-refractivity contribution in [3.63, 3.8) is 0 Å². The largest absolute Gasteiger partial charge is 0.387 e. The van der Waals surface area contributed by atoms with Gasteiger partial charge < -0.3 is 10.0 Å². The Labute approximate surface area is 114 Å². The van der Waals surface area contributed by atoms with E-state index in [1.165, 1.54) is 12.1 Å². The maximum atomic E-state index is 13.2. The van der Waals surface area contributed by atoms with Crippen LogP contribution in [-0.2, 0) is 0 Å². The number of aliphatic hydroxyl groups excluding tert-OH is 1. The van der Waals surface area contributed by atoms with Gasteiger partial charge in [-0.15, -0.1) is 0 Å². The third kappa shape index (κ3) is 3.32. The smallest absolute Gasteiger partial charge is 0.123 e. The van der Waals surface area contributed by atoms with E-state index in [4.69, 9.17) is 0 Å². The van der Waals surface area contributed by atoms with Gasteiger partial charge in [0.15, 0.2) is 0 Å². The average molecular weight is 266 g/mol. The first-order valence-corrected chi connectivity index (χ1v) is 6.82. The zero-order chi connectivity index (χ0) is 14.0. The van der Waals surface area contributed by atoms with Crippen molar-refractivity contribution in [1.82, 2.24) is 9.80 Å². The summed E-state index contributed by atoms with van der Waals surface area (Å²) in [6.45, 7) is 4.71. The second-order valence-corrected chi connectivity index (χ2v) is 5.61. The van der Waals surface area contributed by atoms with Crippen molar-refractivity contribution in [2.24, 2.45) is 0 Å². The monoisotopic (exact) mass is 266 g/mol. The molecule has 0 amide bonds. The Balaban J connectivity index is 2.23. The first-order valence-electron chi connectivity index (χ1n) is 6.82. The Morgan fingerprint density at radius 3 is 2.74 bits per heavy atom. The van der Waals surface area contributed by atoms with Gasteiger partial charge in [-0.2, -0.15) is 0 Å². The highest BCUT2D eigenvalue weighted by molar-refractivity contribution is 5.29. The molecule has 0 aliphatic carbocycles. The van der Waals surface area contributed by atoms with E-state index in [1.807, 2.05) is 14.0 Å². The number of aryl methyl sites for hydroxylation is 1. The fraction of sp³-hybridized carbons (Fsp3) is 0.600. The number of nitrogens with zero attached hydrogens (tertiary/aromatic N) is 2. The molecule has 3 nitrogen and oxygen atoms in total. The second-order valence-electron chi connectivity index (χ2n) is 5.61. The van der Waals surface area contributed by atoms with Gasteiger partial charge in [0.2, 0.25) is 0 Å². The van der Waals surface area contributed by atoms with E-state index in [9.17, 15) is 9.50 Å². The van der Waals surface area contributed by atoms with Gasteiger partial charge in [-0.25, -0.2) is 4.39 Å². The number of likely N-dealkylation sites (N-methyl/N-ethyl adjacent to an activating group) is 2. The van der Waals surface area contributed by atoms with Crippen molar-refractivity contribution in [1.29, 1.82) is 0 Å². The lowest BCUT2D eigenvalue weighted by molar-refractivity contribution is 0.0568. The highest BCUT2D eigenvalue weighted by Gasteiger charge is 2.29. The summed E-state index contributed by atoms with van der Waals surface area (Å²) in [6.07, 6.45) is 0.532. The summed E-state index contributed by atoms with van der Waals surface area (Å²) in [5, 5.41) is 10.6. The van der Waals surface area contributed by atoms with Gasteiger partial charge >= 0.3 is 0 Å². The lowest BCUT2D eigenvalue weighted by Gasteiger charge is -2.32. The minimum absolute atomic E-state index is 0.0525. The molecule has 4 heteroatoms. The van der Waals surface area contributed by atoms with Gasteiger partial charge in [0.1, 0.15) is 5.82 Å². The van der Waals surface area contributed by atoms with Crippen molar-refractivity contribution in [2.45, 2.75) is 25.5 Å². The topological polar surface area (TPSA) is 26.7 Å². The van der Waals surface area contributed by atoms with Crippen molar-refractivity contribution in [3.05, 3.63) is 35.1 Å². The summed E-state index contributed by atoms with van der Waals surface area (Å²) in [5.41, 5.74) is 1.64. The van der Waals surface area contributed by atoms with Gasteiger partial charge in [0, 0.05) is 6.54 Å². The van der Waals surface area contributed by atoms with Crippen LogP contribution in [0.3, 0.4) is 0 Å². The van der Waals surface area contributed by atoms with Crippen LogP contribution in [0.15, 0.2) is 18.2 Å². The third-order valence-corrected chi connectivity index (χ3v) is 4.03. The zero-order valence-electron chi connectivity index (χ0n) is 11.9. The third-order valence-electron chi connectivity index (χ3n) is 4.03. The molecule has 0 radical (unpaired) electrons. The molecule has 2 unspecified atom stereocenters. The van der Waals surface area contributed by atoms with Gasteiger partial charge in [0.05, 0.1) is 12.1 Å². The minimum atomic E-state index is -0.578. The van der Waals surface area contributed by atoms with E-state index < -0.39 is 6.10 Å². The molecule has 19 heavy (non-hydrogen) atoms. The molecule has 1 aromatic carbocycles. The Morgan fingerprint density at radius 2 is 2.05 bits per heavy atom. The van der Waals surface area contributed by atoms with E-state index >= 15 is 0 Å².